The Labute approximate surface area is 112 Å². The van der Waals surface area contributed by atoms with Gasteiger partial charge in [-0.1, -0.05) is 6.07 Å². The Morgan fingerprint density at radius 3 is 2.83 bits per heavy atom. The predicted octanol–water partition coefficient (Wildman–Crippen LogP) is 3.43. The number of nitrogens with zero attached hydrogens (tertiary/aromatic N) is 2. The number of aryl methyl sites for hydroxylation is 1. The molecule has 0 spiro atoms. The Balaban J connectivity index is 2.30. The van der Waals surface area contributed by atoms with E-state index in [-0.39, 0.29) is 6.04 Å². The first kappa shape index (κ1) is 11.5. The van der Waals surface area contributed by atoms with Gasteiger partial charge in [0.1, 0.15) is 0 Å². The lowest BCUT2D eigenvalue weighted by Crippen LogP contribution is -1.93. The minimum absolute atomic E-state index is 0.280. The second kappa shape index (κ2) is 6.37. The minimum atomic E-state index is 0.280. The van der Waals surface area contributed by atoms with E-state index >= 15 is 0 Å². The first-order valence-electron chi connectivity index (χ1n) is 6.06. The molecule has 1 aromatic carbocycles. The summed E-state index contributed by atoms with van der Waals surface area (Å²) in [7, 11) is 0. The molecular weight excluding hydrogens is 248 g/mol. The molecule has 1 aromatic heterocycles. The van der Waals surface area contributed by atoms with Crippen LogP contribution in [-0.2, 0) is 4.18 Å². The fourth-order valence-electron chi connectivity index (χ4n) is 1.39. The lowest BCUT2D eigenvalue weighted by molar-refractivity contribution is 0.369. The molecule has 1 heterocycles. The van der Waals surface area contributed by atoms with Gasteiger partial charge in [-0.05, 0) is 37.6 Å². The molecule has 94 valence electrons. The van der Waals surface area contributed by atoms with Gasteiger partial charge in [-0.15, -0.1) is 0 Å². The largest absolute Gasteiger partial charge is 0.400 e. The van der Waals surface area contributed by atoms with Crippen LogP contribution in [0.1, 0.15) is 13.9 Å². The van der Waals surface area contributed by atoms with Crippen molar-refractivity contribution in [2.24, 2.45) is 0 Å². The van der Waals surface area contributed by atoms with Crippen molar-refractivity contribution >= 4 is 12.3 Å². The standard InChI is InChI=1S/C13H14N2O2S/c1-3-16-18-17-12-9-10(2)5-6-11(12)13-14-7-4-8-15-13/h4-9H,3H2,1-2H3/i4T. The summed E-state index contributed by atoms with van der Waals surface area (Å²) < 4.78 is 18.0. The van der Waals surface area contributed by atoms with Crippen LogP contribution in [0.25, 0.3) is 11.4 Å². The highest BCUT2D eigenvalue weighted by molar-refractivity contribution is 7.90. The van der Waals surface area contributed by atoms with Gasteiger partial charge in [-0.25, -0.2) is 9.97 Å². The van der Waals surface area contributed by atoms with Crippen molar-refractivity contribution in [3.8, 4) is 17.1 Å². The summed E-state index contributed by atoms with van der Waals surface area (Å²) in [5.74, 6) is 1.18. The molecule has 0 bridgehead atoms. The Morgan fingerprint density at radius 2 is 2.11 bits per heavy atom. The zero-order valence-electron chi connectivity index (χ0n) is 11.2. The molecule has 0 saturated heterocycles. The Morgan fingerprint density at radius 1 is 1.33 bits per heavy atom. The second-order valence-corrected chi connectivity index (χ2v) is 4.10. The molecular formula is C13H14N2O2S. The smallest absolute Gasteiger partial charge is 0.225 e. The van der Waals surface area contributed by atoms with Gasteiger partial charge in [-0.2, -0.15) is 0 Å². The van der Waals surface area contributed by atoms with E-state index in [0.717, 1.165) is 23.5 Å². The van der Waals surface area contributed by atoms with Crippen LogP contribution in [0.3, 0.4) is 0 Å². The molecule has 0 aliphatic rings. The van der Waals surface area contributed by atoms with Crippen LogP contribution in [0.2, 0.25) is 0 Å². The molecule has 0 aliphatic heterocycles. The zero-order chi connectivity index (χ0) is 13.7. The lowest BCUT2D eigenvalue weighted by atomic mass is 10.1. The van der Waals surface area contributed by atoms with Crippen molar-refractivity contribution < 1.29 is 9.74 Å². The molecule has 2 rings (SSSR count). The van der Waals surface area contributed by atoms with Crippen LogP contribution < -0.4 is 4.18 Å². The van der Waals surface area contributed by atoms with E-state index in [1.54, 1.807) is 0 Å². The highest BCUT2D eigenvalue weighted by atomic mass is 32.2. The SMILES string of the molecule is [3H]c1cnc(-c2ccc(C)cc2OSOCC)nc1. The monoisotopic (exact) mass is 264 g/mol. The van der Waals surface area contributed by atoms with Crippen molar-refractivity contribution in [1.29, 1.82) is 0 Å². The minimum Gasteiger partial charge on any atom is -0.400 e. The first-order chi connectivity index (χ1) is 9.20. The molecule has 5 heteroatoms. The van der Waals surface area contributed by atoms with Gasteiger partial charge in [0.05, 0.1) is 13.5 Å². The topological polar surface area (TPSA) is 44.2 Å². The van der Waals surface area contributed by atoms with Crippen molar-refractivity contribution in [2.75, 3.05) is 6.61 Å². The number of benzene rings is 1. The molecule has 0 N–H and O–H groups in total. The summed E-state index contributed by atoms with van der Waals surface area (Å²) in [4.78, 5) is 8.28. The van der Waals surface area contributed by atoms with Crippen molar-refractivity contribution in [3.05, 3.63) is 42.2 Å². The van der Waals surface area contributed by atoms with E-state index in [0.29, 0.717) is 18.2 Å². The van der Waals surface area contributed by atoms with E-state index < -0.39 is 0 Å². The summed E-state index contributed by atoms with van der Waals surface area (Å²) in [5.41, 5.74) is 1.85. The maximum absolute atomic E-state index is 7.40. The molecule has 2 aromatic rings. The summed E-state index contributed by atoms with van der Waals surface area (Å²) in [6.07, 6.45) is 2.92. The number of rotatable bonds is 5. The average molecular weight is 264 g/mol. The third-order valence-corrected chi connectivity index (χ3v) is 2.77. The van der Waals surface area contributed by atoms with Crippen LogP contribution in [0.5, 0.6) is 5.75 Å². The van der Waals surface area contributed by atoms with Gasteiger partial charge >= 0.3 is 0 Å². The predicted molar refractivity (Wildman–Crippen MR) is 72.1 cm³/mol. The third-order valence-electron chi connectivity index (χ3n) is 2.19. The quantitative estimate of drug-likeness (QED) is 0.611. The summed E-state index contributed by atoms with van der Waals surface area (Å²) in [6, 6.07) is 6.04. The van der Waals surface area contributed by atoms with E-state index in [4.69, 9.17) is 9.74 Å². The van der Waals surface area contributed by atoms with Gasteiger partial charge in [0.15, 0.2) is 11.6 Å². The lowest BCUT2D eigenvalue weighted by Gasteiger charge is -2.09. The molecule has 0 atom stereocenters. The summed E-state index contributed by atoms with van der Waals surface area (Å²) in [6.45, 7) is 4.44. The summed E-state index contributed by atoms with van der Waals surface area (Å²) >= 11 is 0.934. The van der Waals surface area contributed by atoms with Gasteiger partial charge in [0.25, 0.3) is 0 Å². The van der Waals surface area contributed by atoms with E-state index in [1.807, 2.05) is 32.0 Å². The third kappa shape index (κ3) is 3.21. The van der Waals surface area contributed by atoms with Crippen molar-refractivity contribution in [1.82, 2.24) is 9.97 Å². The maximum Gasteiger partial charge on any atom is 0.225 e. The van der Waals surface area contributed by atoms with Gasteiger partial charge in [-0.3, -0.25) is 4.18 Å². The molecule has 0 unspecified atom stereocenters. The Bertz CT molecular complexity index is 549. The molecule has 0 aliphatic carbocycles. The molecule has 0 amide bonds. The fraction of sp³-hybridized carbons (Fsp3) is 0.231. The van der Waals surface area contributed by atoms with Crippen molar-refractivity contribution in [2.45, 2.75) is 13.8 Å². The fourth-order valence-corrected chi connectivity index (χ4v) is 1.75. The van der Waals surface area contributed by atoms with Crippen LogP contribution in [0.15, 0.2) is 36.6 Å². The molecule has 0 saturated carbocycles. The van der Waals surface area contributed by atoms with Crippen LogP contribution >= 0.6 is 12.3 Å². The molecule has 18 heavy (non-hydrogen) atoms. The van der Waals surface area contributed by atoms with E-state index in [2.05, 4.69) is 9.97 Å². The summed E-state index contributed by atoms with van der Waals surface area (Å²) in [5, 5.41) is 0. The van der Waals surface area contributed by atoms with Crippen LogP contribution in [-0.4, -0.2) is 16.6 Å². The molecule has 0 radical (unpaired) electrons. The zero-order valence-corrected chi connectivity index (χ0v) is 11.0. The second-order valence-electron chi connectivity index (χ2n) is 3.56. The maximum atomic E-state index is 7.40. The average Bonchev–Trinajstić information content (AvgIpc) is 2.41. The van der Waals surface area contributed by atoms with Gasteiger partial charge < -0.3 is 4.18 Å². The highest BCUT2D eigenvalue weighted by Crippen LogP contribution is 2.30. The van der Waals surface area contributed by atoms with Gasteiger partial charge in [0.2, 0.25) is 12.3 Å². The van der Waals surface area contributed by atoms with Crippen molar-refractivity contribution in [3.63, 3.8) is 0 Å². The molecule has 4 nitrogen and oxygen atoms in total. The molecule has 0 fully saturated rings. The Hall–Kier alpha value is -1.59. The highest BCUT2D eigenvalue weighted by Gasteiger charge is 2.09. The van der Waals surface area contributed by atoms with Gasteiger partial charge in [0, 0.05) is 12.4 Å². The first-order valence-corrected chi connectivity index (χ1v) is 6.23. The van der Waals surface area contributed by atoms with Crippen LogP contribution in [0.4, 0.5) is 0 Å². The van der Waals surface area contributed by atoms with E-state index in [1.165, 1.54) is 12.4 Å². The normalized spacial score (nSPS) is 11.1. The van der Waals surface area contributed by atoms with Crippen LogP contribution in [0, 0.1) is 6.92 Å². The number of hydrogen-bond acceptors (Lipinski definition) is 5. The van der Waals surface area contributed by atoms with E-state index in [9.17, 15) is 0 Å². The number of aromatic nitrogens is 2. The number of hydrogen-bond donors (Lipinski definition) is 0. The Kier molecular flexibility index (Phi) is 4.07.